The molecule has 6 heteroatoms. The first-order chi connectivity index (χ1) is 9.06. The Kier molecular flexibility index (Phi) is 4.71. The molecule has 19 heavy (non-hydrogen) atoms. The quantitative estimate of drug-likeness (QED) is 0.933. The lowest BCUT2D eigenvalue weighted by Gasteiger charge is -2.16. The van der Waals surface area contributed by atoms with Crippen LogP contribution in [0.25, 0.3) is 0 Å². The van der Waals surface area contributed by atoms with E-state index in [0.29, 0.717) is 15.9 Å². The maximum Gasteiger partial charge on any atom is 0.266 e. The number of halogens is 1. The largest absolute Gasteiger partial charge is 0.481 e. The van der Waals surface area contributed by atoms with Crippen LogP contribution in [0, 0.1) is 6.92 Å². The number of aryl methyl sites for hydroxylation is 1. The summed E-state index contributed by atoms with van der Waals surface area (Å²) in [6, 6.07) is 5.31. The van der Waals surface area contributed by atoms with Gasteiger partial charge >= 0.3 is 0 Å². The minimum Gasteiger partial charge on any atom is -0.481 e. The third-order valence-electron chi connectivity index (χ3n) is 2.63. The van der Waals surface area contributed by atoms with Gasteiger partial charge in [0.15, 0.2) is 11.3 Å². The molecule has 0 aliphatic carbocycles. The third-order valence-corrected chi connectivity index (χ3v) is 3.75. The van der Waals surface area contributed by atoms with Gasteiger partial charge in [-0.1, -0.05) is 23.4 Å². The number of carbonyl (C=O) groups excluding carboxylic acids is 1. The van der Waals surface area contributed by atoms with E-state index in [-0.39, 0.29) is 5.91 Å². The van der Waals surface area contributed by atoms with Crippen LogP contribution in [0.5, 0.6) is 5.75 Å². The lowest BCUT2D eigenvalue weighted by Crippen LogP contribution is -2.38. The molecule has 1 aromatic rings. The molecule has 1 N–H and O–H groups in total. The van der Waals surface area contributed by atoms with E-state index < -0.39 is 6.10 Å². The van der Waals surface area contributed by atoms with Gasteiger partial charge < -0.3 is 10.1 Å². The van der Waals surface area contributed by atoms with Gasteiger partial charge in [0.05, 0.1) is 6.54 Å². The number of rotatable bonds is 3. The van der Waals surface area contributed by atoms with Crippen LogP contribution in [0.15, 0.2) is 23.2 Å². The van der Waals surface area contributed by atoms with Crippen LogP contribution in [0.2, 0.25) is 5.02 Å². The first-order valence-electron chi connectivity index (χ1n) is 5.97. The second-order valence-corrected chi connectivity index (χ2v) is 5.71. The number of nitrogens with one attached hydrogen (secondary N) is 1. The molecule has 4 nitrogen and oxygen atoms in total. The van der Waals surface area contributed by atoms with Crippen LogP contribution in [0.1, 0.15) is 12.5 Å². The molecule has 0 bridgehead atoms. The summed E-state index contributed by atoms with van der Waals surface area (Å²) in [5, 5.41) is 4.08. The normalized spacial score (nSPS) is 15.8. The Hall–Kier alpha value is -1.20. The first-order valence-corrected chi connectivity index (χ1v) is 7.33. The molecule has 1 atom stereocenters. The van der Waals surface area contributed by atoms with Gasteiger partial charge in [-0.3, -0.25) is 9.79 Å². The van der Waals surface area contributed by atoms with Gasteiger partial charge in [0, 0.05) is 10.8 Å². The van der Waals surface area contributed by atoms with Crippen molar-refractivity contribution in [3.8, 4) is 5.75 Å². The summed E-state index contributed by atoms with van der Waals surface area (Å²) in [5.41, 5.74) is 0.903. The molecule has 2 rings (SSSR count). The Bertz CT molecular complexity index is 519. The molecular formula is C13H15ClN2O2S. The van der Waals surface area contributed by atoms with Crippen molar-refractivity contribution >= 4 is 34.4 Å². The summed E-state index contributed by atoms with van der Waals surface area (Å²) in [6.45, 7) is 4.36. The summed E-state index contributed by atoms with van der Waals surface area (Å²) in [7, 11) is 0. The van der Waals surface area contributed by atoms with Crippen molar-refractivity contribution in [1.82, 2.24) is 5.32 Å². The first kappa shape index (κ1) is 14.2. The van der Waals surface area contributed by atoms with Crippen LogP contribution >= 0.6 is 23.4 Å². The SMILES string of the molecule is Cc1cc(Cl)ccc1OC(C)C(=O)NC1=NCCS1. The van der Waals surface area contributed by atoms with Crippen LogP contribution in [-0.4, -0.2) is 29.5 Å². The van der Waals surface area contributed by atoms with Gasteiger partial charge in [0.25, 0.3) is 5.91 Å². The lowest BCUT2D eigenvalue weighted by atomic mass is 10.2. The highest BCUT2D eigenvalue weighted by Gasteiger charge is 2.19. The highest BCUT2D eigenvalue weighted by atomic mass is 35.5. The van der Waals surface area contributed by atoms with Crippen molar-refractivity contribution in [2.45, 2.75) is 20.0 Å². The molecule has 1 heterocycles. The zero-order valence-corrected chi connectivity index (χ0v) is 12.3. The Balaban J connectivity index is 1.96. The minimum absolute atomic E-state index is 0.192. The second kappa shape index (κ2) is 6.30. The number of thioether (sulfide) groups is 1. The van der Waals surface area contributed by atoms with Gasteiger partial charge in [-0.2, -0.15) is 0 Å². The number of amides is 1. The number of nitrogens with zero attached hydrogens (tertiary/aromatic N) is 1. The zero-order chi connectivity index (χ0) is 13.8. The van der Waals surface area contributed by atoms with Crippen molar-refractivity contribution in [2.75, 3.05) is 12.3 Å². The summed E-state index contributed by atoms with van der Waals surface area (Å²) in [6.07, 6.45) is -0.580. The van der Waals surface area contributed by atoms with Crippen molar-refractivity contribution < 1.29 is 9.53 Å². The highest BCUT2D eigenvalue weighted by molar-refractivity contribution is 8.14. The smallest absolute Gasteiger partial charge is 0.266 e. The maximum absolute atomic E-state index is 11.9. The maximum atomic E-state index is 11.9. The third kappa shape index (κ3) is 3.88. The summed E-state index contributed by atoms with van der Waals surface area (Å²) in [4.78, 5) is 16.1. The van der Waals surface area contributed by atoms with E-state index >= 15 is 0 Å². The standard InChI is InChI=1S/C13H15ClN2O2S/c1-8-7-10(14)3-4-11(8)18-9(2)12(17)16-13-15-5-6-19-13/h3-4,7,9H,5-6H2,1-2H3,(H,15,16,17). The fraction of sp³-hybridized carbons (Fsp3) is 0.385. The topological polar surface area (TPSA) is 50.7 Å². The van der Waals surface area contributed by atoms with E-state index in [0.717, 1.165) is 17.9 Å². The highest BCUT2D eigenvalue weighted by Crippen LogP contribution is 2.22. The van der Waals surface area contributed by atoms with Gasteiger partial charge in [0.1, 0.15) is 5.75 Å². The molecule has 102 valence electrons. The Morgan fingerprint density at radius 1 is 1.58 bits per heavy atom. The number of benzene rings is 1. The second-order valence-electron chi connectivity index (χ2n) is 4.19. The number of carbonyl (C=O) groups is 1. The number of hydrogen-bond donors (Lipinski definition) is 1. The lowest BCUT2D eigenvalue weighted by molar-refractivity contribution is -0.125. The molecule has 0 saturated carbocycles. The van der Waals surface area contributed by atoms with Gasteiger partial charge in [0.2, 0.25) is 0 Å². The van der Waals surface area contributed by atoms with E-state index in [4.69, 9.17) is 16.3 Å². The van der Waals surface area contributed by atoms with Crippen molar-refractivity contribution in [1.29, 1.82) is 0 Å². The van der Waals surface area contributed by atoms with Crippen molar-refractivity contribution in [3.05, 3.63) is 28.8 Å². The van der Waals surface area contributed by atoms with E-state index in [9.17, 15) is 4.79 Å². The average molecular weight is 299 g/mol. The number of hydrogen-bond acceptors (Lipinski definition) is 4. The molecule has 1 unspecified atom stereocenters. The molecule has 0 spiro atoms. The summed E-state index contributed by atoms with van der Waals surface area (Å²) < 4.78 is 5.64. The van der Waals surface area contributed by atoms with Crippen LogP contribution in [0.4, 0.5) is 0 Å². The van der Waals surface area contributed by atoms with Crippen molar-refractivity contribution in [2.24, 2.45) is 4.99 Å². The summed E-state index contributed by atoms with van der Waals surface area (Å²) in [5.74, 6) is 1.39. The average Bonchev–Trinajstić information content (AvgIpc) is 2.85. The van der Waals surface area contributed by atoms with Crippen LogP contribution in [0.3, 0.4) is 0 Å². The summed E-state index contributed by atoms with van der Waals surface area (Å²) >= 11 is 7.42. The molecule has 1 aliphatic rings. The molecule has 0 radical (unpaired) electrons. The van der Waals surface area contributed by atoms with Gasteiger partial charge in [-0.05, 0) is 37.6 Å². The zero-order valence-electron chi connectivity index (χ0n) is 10.8. The van der Waals surface area contributed by atoms with Gasteiger partial charge in [-0.15, -0.1) is 0 Å². The van der Waals surface area contributed by atoms with Gasteiger partial charge in [-0.25, -0.2) is 0 Å². The molecule has 1 aromatic carbocycles. The molecule has 0 saturated heterocycles. The Morgan fingerprint density at radius 2 is 2.37 bits per heavy atom. The predicted molar refractivity (Wildman–Crippen MR) is 79.2 cm³/mol. The van der Waals surface area contributed by atoms with Crippen LogP contribution in [-0.2, 0) is 4.79 Å². The Labute approximate surface area is 121 Å². The molecule has 0 aromatic heterocycles. The molecule has 1 amide bonds. The fourth-order valence-electron chi connectivity index (χ4n) is 1.61. The van der Waals surface area contributed by atoms with E-state index in [2.05, 4.69) is 10.3 Å². The van der Waals surface area contributed by atoms with E-state index in [1.54, 1.807) is 36.9 Å². The van der Waals surface area contributed by atoms with E-state index in [1.165, 1.54) is 0 Å². The monoisotopic (exact) mass is 298 g/mol. The Morgan fingerprint density at radius 3 is 3.00 bits per heavy atom. The van der Waals surface area contributed by atoms with E-state index in [1.807, 2.05) is 6.92 Å². The molecule has 0 fully saturated rings. The minimum atomic E-state index is -0.580. The molecule has 1 aliphatic heterocycles. The molecular weight excluding hydrogens is 284 g/mol. The van der Waals surface area contributed by atoms with Crippen molar-refractivity contribution in [3.63, 3.8) is 0 Å². The van der Waals surface area contributed by atoms with Crippen LogP contribution < -0.4 is 10.1 Å². The number of ether oxygens (including phenoxy) is 1. The number of amidine groups is 1. The fourth-order valence-corrected chi connectivity index (χ4v) is 2.56. The predicted octanol–water partition coefficient (Wildman–Crippen LogP) is 2.63. The number of aliphatic imine (C=N–C) groups is 1.